The van der Waals surface area contributed by atoms with Crippen molar-refractivity contribution in [2.24, 2.45) is 7.05 Å². The summed E-state index contributed by atoms with van der Waals surface area (Å²) in [5.41, 5.74) is 1.32. The molecular weight excluding hydrogens is 258 g/mol. The van der Waals surface area contributed by atoms with E-state index < -0.39 is 0 Å². The molecule has 0 aliphatic carbocycles. The first-order chi connectivity index (χ1) is 9.56. The zero-order valence-electron chi connectivity index (χ0n) is 11.5. The summed E-state index contributed by atoms with van der Waals surface area (Å²) in [5, 5.41) is 7.13. The molecule has 7 heteroatoms. The van der Waals surface area contributed by atoms with Crippen LogP contribution in [0.5, 0.6) is 0 Å². The van der Waals surface area contributed by atoms with E-state index in [-0.39, 0.29) is 17.9 Å². The van der Waals surface area contributed by atoms with E-state index in [1.807, 2.05) is 17.8 Å². The first-order valence-corrected chi connectivity index (χ1v) is 6.60. The molecule has 0 spiro atoms. The summed E-state index contributed by atoms with van der Waals surface area (Å²) in [7, 11) is 3.64. The van der Waals surface area contributed by atoms with Crippen molar-refractivity contribution in [2.45, 2.75) is 18.9 Å². The minimum Gasteiger partial charge on any atom is -0.347 e. The Labute approximate surface area is 116 Å². The fourth-order valence-electron chi connectivity index (χ4n) is 2.60. The number of aryl methyl sites for hydroxylation is 1. The molecule has 0 saturated carbocycles. The SMILES string of the molecule is CN1C[C@H](NC(=O)c2cnn3ccn(C)c23)CCC1=O. The van der Waals surface area contributed by atoms with E-state index in [0.717, 1.165) is 5.65 Å². The summed E-state index contributed by atoms with van der Waals surface area (Å²) in [6.45, 7) is 0.558. The van der Waals surface area contributed by atoms with Crippen molar-refractivity contribution in [2.75, 3.05) is 13.6 Å². The smallest absolute Gasteiger partial charge is 0.256 e. The van der Waals surface area contributed by atoms with E-state index in [4.69, 9.17) is 0 Å². The third kappa shape index (κ3) is 2.04. The van der Waals surface area contributed by atoms with Gasteiger partial charge in [0.25, 0.3) is 5.91 Å². The Morgan fingerprint density at radius 3 is 2.95 bits per heavy atom. The number of aromatic nitrogens is 3. The quantitative estimate of drug-likeness (QED) is 0.840. The van der Waals surface area contributed by atoms with Crippen LogP contribution in [0.15, 0.2) is 18.6 Å². The Morgan fingerprint density at radius 2 is 2.20 bits per heavy atom. The zero-order chi connectivity index (χ0) is 14.3. The lowest BCUT2D eigenvalue weighted by molar-refractivity contribution is -0.132. The summed E-state index contributed by atoms with van der Waals surface area (Å²) in [6.07, 6.45) is 6.40. The molecule has 1 aliphatic rings. The highest BCUT2D eigenvalue weighted by Crippen LogP contribution is 2.13. The van der Waals surface area contributed by atoms with E-state index in [0.29, 0.717) is 24.9 Å². The second kappa shape index (κ2) is 4.66. The molecule has 0 radical (unpaired) electrons. The van der Waals surface area contributed by atoms with Gasteiger partial charge in [0.2, 0.25) is 5.91 Å². The van der Waals surface area contributed by atoms with Crippen LogP contribution in [0, 0.1) is 0 Å². The third-order valence-electron chi connectivity index (χ3n) is 3.74. The number of fused-ring (bicyclic) bond motifs is 1. The van der Waals surface area contributed by atoms with Gasteiger partial charge in [-0.1, -0.05) is 0 Å². The number of hydrogen-bond acceptors (Lipinski definition) is 3. The topological polar surface area (TPSA) is 71.6 Å². The van der Waals surface area contributed by atoms with Gasteiger partial charge in [0, 0.05) is 45.5 Å². The number of imidazole rings is 1. The Hall–Kier alpha value is -2.31. The van der Waals surface area contributed by atoms with E-state index in [2.05, 4.69) is 10.4 Å². The molecule has 0 unspecified atom stereocenters. The molecule has 1 saturated heterocycles. The lowest BCUT2D eigenvalue weighted by Gasteiger charge is -2.30. The zero-order valence-corrected chi connectivity index (χ0v) is 11.5. The van der Waals surface area contributed by atoms with Crippen LogP contribution in [0.4, 0.5) is 0 Å². The average molecular weight is 275 g/mol. The van der Waals surface area contributed by atoms with Crippen molar-refractivity contribution in [3.8, 4) is 0 Å². The highest BCUT2D eigenvalue weighted by atomic mass is 16.2. The van der Waals surface area contributed by atoms with Crippen molar-refractivity contribution < 1.29 is 9.59 Å². The molecule has 2 amide bonds. The van der Waals surface area contributed by atoms with Crippen LogP contribution in [0.1, 0.15) is 23.2 Å². The summed E-state index contributed by atoms with van der Waals surface area (Å²) in [5.74, 6) is -0.0135. The van der Waals surface area contributed by atoms with E-state index in [1.165, 1.54) is 0 Å². The second-order valence-corrected chi connectivity index (χ2v) is 5.22. The largest absolute Gasteiger partial charge is 0.347 e. The third-order valence-corrected chi connectivity index (χ3v) is 3.74. The predicted molar refractivity (Wildman–Crippen MR) is 72.3 cm³/mol. The first-order valence-electron chi connectivity index (χ1n) is 6.60. The van der Waals surface area contributed by atoms with Gasteiger partial charge in [-0.3, -0.25) is 9.59 Å². The number of nitrogens with zero attached hydrogens (tertiary/aromatic N) is 4. The molecule has 1 atom stereocenters. The first kappa shape index (κ1) is 12.7. The molecule has 0 bridgehead atoms. The van der Waals surface area contributed by atoms with Gasteiger partial charge < -0.3 is 14.8 Å². The van der Waals surface area contributed by atoms with Crippen molar-refractivity contribution in [1.82, 2.24) is 24.4 Å². The molecule has 20 heavy (non-hydrogen) atoms. The maximum absolute atomic E-state index is 12.3. The summed E-state index contributed by atoms with van der Waals surface area (Å²) in [4.78, 5) is 25.4. The number of likely N-dealkylation sites (N-methyl/N-ethyl adjacent to an activating group) is 1. The number of nitrogens with one attached hydrogen (secondary N) is 1. The summed E-state index contributed by atoms with van der Waals surface area (Å²) < 4.78 is 3.53. The molecule has 2 aromatic rings. The normalized spacial score (nSPS) is 19.6. The van der Waals surface area contributed by atoms with Crippen molar-refractivity contribution in [1.29, 1.82) is 0 Å². The van der Waals surface area contributed by atoms with Crippen LogP contribution in [0.3, 0.4) is 0 Å². The lowest BCUT2D eigenvalue weighted by Crippen LogP contribution is -2.48. The number of hydrogen-bond donors (Lipinski definition) is 1. The van der Waals surface area contributed by atoms with Gasteiger partial charge in [0.05, 0.1) is 6.20 Å². The summed E-state index contributed by atoms with van der Waals surface area (Å²) in [6, 6.07) is 0.000387. The van der Waals surface area contributed by atoms with Gasteiger partial charge in [-0.2, -0.15) is 5.10 Å². The Balaban J connectivity index is 1.76. The maximum Gasteiger partial charge on any atom is 0.256 e. The van der Waals surface area contributed by atoms with Gasteiger partial charge >= 0.3 is 0 Å². The Kier molecular flexibility index (Phi) is 2.96. The standard InChI is InChI=1S/C13H17N5O2/c1-16-5-6-18-13(16)10(7-14-18)12(20)15-9-3-4-11(19)17(2)8-9/h5-7,9H,3-4,8H2,1-2H3,(H,15,20)/t9-/m1/s1. The van der Waals surface area contributed by atoms with E-state index in [9.17, 15) is 9.59 Å². The van der Waals surface area contributed by atoms with E-state index >= 15 is 0 Å². The number of carbonyl (C=O) groups excluding carboxylic acids is 2. The van der Waals surface area contributed by atoms with Gasteiger partial charge in [0.15, 0.2) is 0 Å². The van der Waals surface area contributed by atoms with Gasteiger partial charge in [-0.25, -0.2) is 4.52 Å². The van der Waals surface area contributed by atoms with Crippen LogP contribution in [-0.4, -0.2) is 50.5 Å². The van der Waals surface area contributed by atoms with Crippen molar-refractivity contribution in [3.63, 3.8) is 0 Å². The highest BCUT2D eigenvalue weighted by Gasteiger charge is 2.25. The molecule has 3 heterocycles. The number of carbonyl (C=O) groups is 2. The Bertz CT molecular complexity index is 671. The molecule has 3 rings (SSSR count). The van der Waals surface area contributed by atoms with Crippen LogP contribution in [0.25, 0.3) is 5.65 Å². The predicted octanol–water partition coefficient (Wildman–Crippen LogP) is 0.0234. The average Bonchev–Trinajstić information content (AvgIpc) is 2.97. The van der Waals surface area contributed by atoms with Crippen LogP contribution >= 0.6 is 0 Å². The fraction of sp³-hybridized carbons (Fsp3) is 0.462. The van der Waals surface area contributed by atoms with Crippen LogP contribution in [-0.2, 0) is 11.8 Å². The number of amides is 2. The highest BCUT2D eigenvalue weighted by molar-refractivity contribution is 6.00. The second-order valence-electron chi connectivity index (χ2n) is 5.22. The minimum atomic E-state index is -0.144. The molecular formula is C13H17N5O2. The molecule has 2 aromatic heterocycles. The monoisotopic (exact) mass is 275 g/mol. The molecule has 106 valence electrons. The minimum absolute atomic E-state index is 0.000387. The lowest BCUT2D eigenvalue weighted by atomic mass is 10.1. The molecule has 1 aliphatic heterocycles. The number of likely N-dealkylation sites (tertiary alicyclic amines) is 1. The number of piperidine rings is 1. The van der Waals surface area contributed by atoms with E-state index in [1.54, 1.807) is 28.9 Å². The molecule has 1 fully saturated rings. The van der Waals surface area contributed by atoms with Crippen LogP contribution in [0.2, 0.25) is 0 Å². The molecule has 7 nitrogen and oxygen atoms in total. The van der Waals surface area contributed by atoms with Gasteiger partial charge in [0.1, 0.15) is 11.2 Å². The van der Waals surface area contributed by atoms with Crippen molar-refractivity contribution in [3.05, 3.63) is 24.2 Å². The van der Waals surface area contributed by atoms with Crippen molar-refractivity contribution >= 4 is 17.5 Å². The van der Waals surface area contributed by atoms with Crippen LogP contribution < -0.4 is 5.32 Å². The number of rotatable bonds is 2. The fourth-order valence-corrected chi connectivity index (χ4v) is 2.60. The summed E-state index contributed by atoms with van der Waals surface area (Å²) >= 11 is 0. The molecule has 0 aromatic carbocycles. The van der Waals surface area contributed by atoms with Gasteiger partial charge in [-0.15, -0.1) is 0 Å². The van der Waals surface area contributed by atoms with Gasteiger partial charge in [-0.05, 0) is 6.42 Å². The maximum atomic E-state index is 12.3. The molecule has 1 N–H and O–H groups in total. The Morgan fingerprint density at radius 1 is 1.40 bits per heavy atom.